The van der Waals surface area contributed by atoms with E-state index in [9.17, 15) is 0 Å². The Morgan fingerprint density at radius 1 is 1.37 bits per heavy atom. The van der Waals surface area contributed by atoms with Gasteiger partial charge >= 0.3 is 0 Å². The number of pyridine rings is 1. The minimum atomic E-state index is 0.137. The number of halogens is 1. The van der Waals surface area contributed by atoms with Crippen molar-refractivity contribution >= 4 is 15.9 Å². The summed E-state index contributed by atoms with van der Waals surface area (Å²) in [5, 5.41) is 3.64. The van der Waals surface area contributed by atoms with Crippen LogP contribution in [-0.2, 0) is 6.42 Å². The van der Waals surface area contributed by atoms with E-state index < -0.39 is 0 Å². The molecule has 1 heterocycles. The maximum atomic E-state index is 4.26. The van der Waals surface area contributed by atoms with E-state index in [0.29, 0.717) is 6.04 Å². The predicted octanol–water partition coefficient (Wildman–Crippen LogP) is 3.10. The Hall–Kier alpha value is -0.450. The summed E-state index contributed by atoms with van der Waals surface area (Å²) < 4.78 is 1.04. The zero-order chi connectivity index (χ0) is 14.5. The molecule has 2 atom stereocenters. The molecule has 2 unspecified atom stereocenters. The molecule has 0 amide bonds. The summed E-state index contributed by atoms with van der Waals surface area (Å²) >= 11 is 3.49. The van der Waals surface area contributed by atoms with Gasteiger partial charge in [0, 0.05) is 28.4 Å². The van der Waals surface area contributed by atoms with Gasteiger partial charge in [0.05, 0.1) is 0 Å². The van der Waals surface area contributed by atoms with Crippen molar-refractivity contribution in [3.05, 3.63) is 28.5 Å². The van der Waals surface area contributed by atoms with Crippen LogP contribution >= 0.6 is 15.9 Å². The lowest BCUT2D eigenvalue weighted by Crippen LogP contribution is -2.57. The van der Waals surface area contributed by atoms with Crippen molar-refractivity contribution in [3.8, 4) is 0 Å². The third-order valence-electron chi connectivity index (χ3n) is 4.14. The molecule has 108 valence electrons. The van der Waals surface area contributed by atoms with Gasteiger partial charge < -0.3 is 10.2 Å². The molecule has 0 bridgehead atoms. The summed E-state index contributed by atoms with van der Waals surface area (Å²) in [4.78, 5) is 6.59. The molecule has 0 aromatic carbocycles. The molecular formula is C15H26BrN3. The van der Waals surface area contributed by atoms with Crippen LogP contribution in [0.4, 0.5) is 0 Å². The van der Waals surface area contributed by atoms with Gasteiger partial charge in [-0.15, -0.1) is 0 Å². The molecule has 1 aromatic heterocycles. The molecule has 1 N–H and O–H groups in total. The molecule has 0 aliphatic heterocycles. The van der Waals surface area contributed by atoms with Crippen LogP contribution in [0.25, 0.3) is 0 Å². The summed E-state index contributed by atoms with van der Waals surface area (Å²) in [6, 6.07) is 2.57. The van der Waals surface area contributed by atoms with Gasteiger partial charge in [0.1, 0.15) is 0 Å². The zero-order valence-electron chi connectivity index (χ0n) is 12.7. The fourth-order valence-electron chi connectivity index (χ4n) is 2.44. The summed E-state index contributed by atoms with van der Waals surface area (Å²) in [5.74, 6) is 0. The lowest BCUT2D eigenvalue weighted by molar-refractivity contribution is 0.113. The molecule has 0 radical (unpaired) electrons. The minimum Gasteiger partial charge on any atom is -0.312 e. The van der Waals surface area contributed by atoms with E-state index in [0.717, 1.165) is 23.9 Å². The van der Waals surface area contributed by atoms with Crippen LogP contribution in [0.5, 0.6) is 0 Å². The van der Waals surface area contributed by atoms with E-state index in [1.165, 1.54) is 5.56 Å². The molecule has 4 heteroatoms. The maximum Gasteiger partial charge on any atom is 0.0410 e. The number of aromatic nitrogens is 1. The van der Waals surface area contributed by atoms with Gasteiger partial charge in [0.25, 0.3) is 0 Å². The summed E-state index contributed by atoms with van der Waals surface area (Å²) in [7, 11) is 4.32. The Labute approximate surface area is 125 Å². The van der Waals surface area contributed by atoms with Crippen molar-refractivity contribution in [2.45, 2.75) is 45.2 Å². The average molecular weight is 328 g/mol. The molecule has 1 rings (SSSR count). The van der Waals surface area contributed by atoms with Crippen molar-refractivity contribution in [2.75, 3.05) is 20.6 Å². The van der Waals surface area contributed by atoms with Gasteiger partial charge in [-0.1, -0.05) is 13.8 Å². The number of hydrogen-bond acceptors (Lipinski definition) is 3. The summed E-state index contributed by atoms with van der Waals surface area (Å²) in [6.45, 7) is 7.72. The fourth-order valence-corrected chi connectivity index (χ4v) is 2.85. The molecule has 0 fully saturated rings. The first-order valence-electron chi connectivity index (χ1n) is 6.94. The van der Waals surface area contributed by atoms with E-state index in [1.54, 1.807) is 0 Å². The second-order valence-electron chi connectivity index (χ2n) is 5.43. The highest BCUT2D eigenvalue weighted by Gasteiger charge is 2.34. The van der Waals surface area contributed by atoms with Crippen LogP contribution in [0.1, 0.15) is 32.8 Å². The van der Waals surface area contributed by atoms with E-state index in [4.69, 9.17) is 0 Å². The summed E-state index contributed by atoms with van der Waals surface area (Å²) in [6.07, 6.45) is 5.89. The molecular weight excluding hydrogens is 302 g/mol. The quantitative estimate of drug-likeness (QED) is 0.834. The summed E-state index contributed by atoms with van der Waals surface area (Å²) in [5.41, 5.74) is 1.40. The van der Waals surface area contributed by atoms with Crippen LogP contribution in [0.3, 0.4) is 0 Å². The van der Waals surface area contributed by atoms with Gasteiger partial charge in [-0.05, 0) is 68.0 Å². The van der Waals surface area contributed by atoms with Crippen molar-refractivity contribution < 1.29 is 0 Å². The minimum absolute atomic E-state index is 0.137. The number of likely N-dealkylation sites (N-methyl/N-ethyl adjacent to an activating group) is 2. The highest BCUT2D eigenvalue weighted by atomic mass is 79.9. The molecule has 0 saturated carbocycles. The molecule has 0 saturated heterocycles. The second kappa shape index (κ2) is 7.36. The number of nitrogens with zero attached hydrogens (tertiary/aromatic N) is 2. The van der Waals surface area contributed by atoms with E-state index in [2.05, 4.69) is 72.1 Å². The topological polar surface area (TPSA) is 28.2 Å². The van der Waals surface area contributed by atoms with E-state index in [-0.39, 0.29) is 5.54 Å². The highest BCUT2D eigenvalue weighted by Crippen LogP contribution is 2.24. The van der Waals surface area contributed by atoms with Gasteiger partial charge in [0.2, 0.25) is 0 Å². The first kappa shape index (κ1) is 16.6. The molecule has 1 aromatic rings. The van der Waals surface area contributed by atoms with Gasteiger partial charge in [0.15, 0.2) is 0 Å². The van der Waals surface area contributed by atoms with E-state index in [1.807, 2.05) is 12.4 Å². The maximum absolute atomic E-state index is 4.26. The van der Waals surface area contributed by atoms with Crippen LogP contribution in [0, 0.1) is 0 Å². The number of rotatable bonds is 7. The Bertz CT molecular complexity index is 395. The largest absolute Gasteiger partial charge is 0.312 e. The third-order valence-corrected chi connectivity index (χ3v) is 4.57. The predicted molar refractivity (Wildman–Crippen MR) is 85.5 cm³/mol. The van der Waals surface area contributed by atoms with Gasteiger partial charge in [-0.3, -0.25) is 4.98 Å². The van der Waals surface area contributed by atoms with Crippen molar-refractivity contribution in [3.63, 3.8) is 0 Å². The Kier molecular flexibility index (Phi) is 6.43. The second-order valence-corrected chi connectivity index (χ2v) is 6.35. The molecule has 3 nitrogen and oxygen atoms in total. The smallest absolute Gasteiger partial charge is 0.0410 e. The van der Waals surface area contributed by atoms with E-state index >= 15 is 0 Å². The van der Waals surface area contributed by atoms with Crippen molar-refractivity contribution in [1.82, 2.24) is 15.2 Å². The molecule has 19 heavy (non-hydrogen) atoms. The average Bonchev–Trinajstić information content (AvgIpc) is 2.37. The lowest BCUT2D eigenvalue weighted by Gasteiger charge is -2.43. The van der Waals surface area contributed by atoms with Gasteiger partial charge in [-0.2, -0.15) is 0 Å². The molecule has 0 aliphatic rings. The van der Waals surface area contributed by atoms with Crippen LogP contribution < -0.4 is 5.32 Å². The van der Waals surface area contributed by atoms with Crippen LogP contribution in [0.15, 0.2) is 22.9 Å². The van der Waals surface area contributed by atoms with Crippen LogP contribution in [-0.4, -0.2) is 42.1 Å². The first-order chi connectivity index (χ1) is 8.93. The van der Waals surface area contributed by atoms with Crippen molar-refractivity contribution in [2.24, 2.45) is 0 Å². The van der Waals surface area contributed by atoms with Crippen molar-refractivity contribution in [1.29, 1.82) is 0 Å². The van der Waals surface area contributed by atoms with Gasteiger partial charge in [-0.25, -0.2) is 0 Å². The third kappa shape index (κ3) is 4.26. The van der Waals surface area contributed by atoms with Crippen LogP contribution in [0.2, 0.25) is 0 Å². The first-order valence-corrected chi connectivity index (χ1v) is 7.73. The number of hydrogen-bond donors (Lipinski definition) is 1. The standard InChI is InChI=1S/C15H26BrN3/c1-6-15(3,19(4)5)14(18-7-2)9-12-8-13(16)11-17-10-12/h8,10-11,14,18H,6-7,9H2,1-5H3. The Morgan fingerprint density at radius 2 is 2.05 bits per heavy atom. The monoisotopic (exact) mass is 327 g/mol. The normalized spacial score (nSPS) is 16.4. The molecule has 0 aliphatic carbocycles. The lowest BCUT2D eigenvalue weighted by atomic mass is 9.84. The Morgan fingerprint density at radius 3 is 2.53 bits per heavy atom. The Balaban J connectivity index is 2.94. The molecule has 0 spiro atoms. The fraction of sp³-hybridized carbons (Fsp3) is 0.667. The zero-order valence-corrected chi connectivity index (χ0v) is 14.3. The number of nitrogens with one attached hydrogen (secondary N) is 1. The highest BCUT2D eigenvalue weighted by molar-refractivity contribution is 9.10. The SMILES string of the molecule is CCNC(Cc1cncc(Br)c1)C(C)(CC)N(C)C.